The molecule has 3 rings (SSSR count). The summed E-state index contributed by atoms with van der Waals surface area (Å²) in [6, 6.07) is 8.37. The lowest BCUT2D eigenvalue weighted by Gasteiger charge is -2.48. The van der Waals surface area contributed by atoms with E-state index in [1.54, 1.807) is 7.11 Å². The molecule has 4 atom stereocenters. The predicted octanol–water partition coefficient (Wildman–Crippen LogP) is 3.37. The molecule has 1 aromatic rings. The highest BCUT2D eigenvalue weighted by atomic mass is 35.5. The Balaban J connectivity index is 0.000000479. The number of methoxy groups -OCH3 is 1. The number of aliphatic carboxylic acids is 1. The maximum absolute atomic E-state index is 11.3. The van der Waals surface area contributed by atoms with Crippen molar-refractivity contribution in [2.24, 2.45) is 0 Å². The zero-order valence-corrected chi connectivity index (χ0v) is 19.1. The van der Waals surface area contributed by atoms with E-state index < -0.39 is 18.2 Å². The minimum Gasteiger partial charge on any atom is -0.475 e. The topological polar surface area (TPSA) is 99.5 Å². The van der Waals surface area contributed by atoms with Gasteiger partial charge in [0.1, 0.15) is 0 Å². The van der Waals surface area contributed by atoms with Gasteiger partial charge in [0.15, 0.2) is 0 Å². The molecule has 1 aromatic carbocycles. The summed E-state index contributed by atoms with van der Waals surface area (Å²) in [4.78, 5) is 24.1. The Hall–Kier alpha value is -2.08. The first-order chi connectivity index (χ1) is 15.4. The molecule has 8 nitrogen and oxygen atoms in total. The Morgan fingerprint density at radius 2 is 1.82 bits per heavy atom. The number of ether oxygens (including phenoxy) is 2. The molecule has 186 valence electrons. The Morgan fingerprint density at radius 1 is 1.21 bits per heavy atom. The number of alkyl halides is 3. The molecule has 0 spiro atoms. The summed E-state index contributed by atoms with van der Waals surface area (Å²) < 4.78 is 43.3. The summed E-state index contributed by atoms with van der Waals surface area (Å²) >= 11 is 6.00. The number of benzene rings is 1. The molecule has 2 aliphatic rings. The first-order valence-electron chi connectivity index (χ1n) is 10.3. The molecule has 12 heteroatoms. The molecule has 33 heavy (non-hydrogen) atoms. The van der Waals surface area contributed by atoms with Crippen molar-refractivity contribution >= 4 is 23.7 Å². The Kier molecular flexibility index (Phi) is 9.77. The highest BCUT2D eigenvalue weighted by Gasteiger charge is 2.40. The van der Waals surface area contributed by atoms with Crippen LogP contribution in [-0.4, -0.2) is 95.9 Å². The predicted molar refractivity (Wildman–Crippen MR) is 114 cm³/mol. The number of rotatable bonds is 4. The highest BCUT2D eigenvalue weighted by molar-refractivity contribution is 6.30. The van der Waals surface area contributed by atoms with Crippen molar-refractivity contribution in [2.45, 2.75) is 50.2 Å². The molecule has 0 saturated carbocycles. The number of piperidine rings is 1. The Morgan fingerprint density at radius 3 is 2.33 bits per heavy atom. The summed E-state index contributed by atoms with van der Waals surface area (Å²) in [5.41, 5.74) is 1.22. The van der Waals surface area contributed by atoms with Crippen molar-refractivity contribution in [2.75, 3.05) is 33.4 Å². The van der Waals surface area contributed by atoms with Gasteiger partial charge in [-0.05, 0) is 37.5 Å². The summed E-state index contributed by atoms with van der Waals surface area (Å²) in [5, 5.41) is 17.1. The van der Waals surface area contributed by atoms with Gasteiger partial charge < -0.3 is 24.6 Å². The molecular weight excluding hydrogens is 469 g/mol. The van der Waals surface area contributed by atoms with E-state index in [4.69, 9.17) is 31.0 Å². The van der Waals surface area contributed by atoms with Gasteiger partial charge in [-0.25, -0.2) is 9.59 Å². The van der Waals surface area contributed by atoms with Crippen LogP contribution in [0.4, 0.5) is 18.0 Å². The number of amides is 1. The van der Waals surface area contributed by atoms with Crippen molar-refractivity contribution in [1.29, 1.82) is 0 Å². The van der Waals surface area contributed by atoms with Gasteiger partial charge in [0, 0.05) is 37.3 Å². The largest absolute Gasteiger partial charge is 0.490 e. The normalized spacial score (nSPS) is 26.3. The third kappa shape index (κ3) is 8.02. The van der Waals surface area contributed by atoms with Gasteiger partial charge in [-0.2, -0.15) is 13.2 Å². The molecule has 0 bridgehead atoms. The first kappa shape index (κ1) is 27.2. The van der Waals surface area contributed by atoms with E-state index in [0.717, 1.165) is 24.4 Å². The smallest absolute Gasteiger partial charge is 0.475 e. The fourth-order valence-corrected chi connectivity index (χ4v) is 4.16. The van der Waals surface area contributed by atoms with Crippen LogP contribution in [0.5, 0.6) is 0 Å². The summed E-state index contributed by atoms with van der Waals surface area (Å²) in [5.74, 6) is -2.76. The fraction of sp³-hybridized carbons (Fsp3) is 0.619. The molecule has 0 aliphatic carbocycles. The van der Waals surface area contributed by atoms with Crippen LogP contribution in [0.1, 0.15) is 18.9 Å². The Bertz CT molecular complexity index is 795. The van der Waals surface area contributed by atoms with Crippen molar-refractivity contribution in [3.63, 3.8) is 0 Å². The van der Waals surface area contributed by atoms with E-state index in [-0.39, 0.29) is 24.3 Å². The molecular formula is C21H28ClF3N2O6. The van der Waals surface area contributed by atoms with Crippen LogP contribution in [0.2, 0.25) is 5.02 Å². The van der Waals surface area contributed by atoms with E-state index in [2.05, 4.69) is 24.0 Å². The van der Waals surface area contributed by atoms with Crippen LogP contribution in [0.3, 0.4) is 0 Å². The molecule has 2 unspecified atom stereocenters. The lowest BCUT2D eigenvalue weighted by molar-refractivity contribution is -0.192. The third-order valence-electron chi connectivity index (χ3n) is 5.66. The zero-order chi connectivity index (χ0) is 24.8. The van der Waals surface area contributed by atoms with Crippen LogP contribution in [-0.2, 0) is 20.7 Å². The molecule has 0 aromatic heterocycles. The zero-order valence-electron chi connectivity index (χ0n) is 18.3. The second-order valence-corrected chi connectivity index (χ2v) is 8.42. The summed E-state index contributed by atoms with van der Waals surface area (Å²) in [6.07, 6.45) is -4.28. The standard InChI is InChI=1S/C19H27ClN2O4.C2HF3O2/c1-13-10-22(17-7-8-21(19(23)24)11-18(17)25-2)16(12-26-13)9-14-3-5-15(20)6-4-14;3-2(4,5)1(6)7/h3-6,13,16-18H,7-12H2,1-2H3,(H,23,24);(H,6,7)/t13-,16-,17?,18?;/m0./s1. The van der Waals surface area contributed by atoms with Crippen molar-refractivity contribution in [3.8, 4) is 0 Å². The average molecular weight is 497 g/mol. The van der Waals surface area contributed by atoms with Crippen molar-refractivity contribution < 1.29 is 42.4 Å². The molecule has 2 saturated heterocycles. The first-order valence-corrected chi connectivity index (χ1v) is 10.7. The van der Waals surface area contributed by atoms with Gasteiger partial charge in [-0.3, -0.25) is 4.90 Å². The summed E-state index contributed by atoms with van der Waals surface area (Å²) in [7, 11) is 1.67. The Labute approximate surface area is 194 Å². The minimum absolute atomic E-state index is 0.127. The van der Waals surface area contributed by atoms with Crippen molar-refractivity contribution in [3.05, 3.63) is 34.9 Å². The van der Waals surface area contributed by atoms with Crippen LogP contribution in [0.25, 0.3) is 0 Å². The third-order valence-corrected chi connectivity index (χ3v) is 5.91. The maximum Gasteiger partial charge on any atom is 0.490 e. The van der Waals surface area contributed by atoms with Crippen LogP contribution in [0.15, 0.2) is 24.3 Å². The molecule has 2 heterocycles. The highest BCUT2D eigenvalue weighted by Crippen LogP contribution is 2.27. The number of nitrogens with zero attached hydrogens (tertiary/aromatic N) is 2. The van der Waals surface area contributed by atoms with Gasteiger partial charge in [0.05, 0.1) is 25.4 Å². The summed E-state index contributed by atoms with van der Waals surface area (Å²) in [6.45, 7) is 4.53. The number of carboxylic acid groups (broad SMARTS) is 2. The van der Waals surface area contributed by atoms with Gasteiger partial charge in [-0.1, -0.05) is 23.7 Å². The number of likely N-dealkylation sites (tertiary alicyclic amines) is 1. The van der Waals surface area contributed by atoms with Gasteiger partial charge in [0.25, 0.3) is 0 Å². The van der Waals surface area contributed by atoms with E-state index >= 15 is 0 Å². The van der Waals surface area contributed by atoms with Crippen LogP contribution < -0.4 is 0 Å². The van der Waals surface area contributed by atoms with E-state index in [1.807, 2.05) is 12.1 Å². The molecule has 2 fully saturated rings. The number of hydrogen-bond acceptors (Lipinski definition) is 5. The molecule has 2 aliphatic heterocycles. The van der Waals surface area contributed by atoms with Crippen LogP contribution in [0, 0.1) is 0 Å². The number of hydrogen-bond donors (Lipinski definition) is 2. The maximum atomic E-state index is 11.3. The lowest BCUT2D eigenvalue weighted by atomic mass is 9.94. The fourth-order valence-electron chi connectivity index (χ4n) is 4.03. The molecule has 1 amide bonds. The van der Waals surface area contributed by atoms with Crippen molar-refractivity contribution in [1.82, 2.24) is 9.80 Å². The average Bonchev–Trinajstić information content (AvgIpc) is 2.75. The number of carboxylic acids is 1. The molecule has 2 N–H and O–H groups in total. The lowest BCUT2D eigenvalue weighted by Crippen LogP contribution is -2.62. The van der Waals surface area contributed by atoms with Gasteiger partial charge in [-0.15, -0.1) is 0 Å². The molecule has 0 radical (unpaired) electrons. The number of morpholine rings is 1. The van der Waals surface area contributed by atoms with E-state index in [1.165, 1.54) is 10.5 Å². The second kappa shape index (κ2) is 11.9. The quantitative estimate of drug-likeness (QED) is 0.659. The number of carbonyl (C=O) groups is 2. The van der Waals surface area contributed by atoms with Crippen LogP contribution >= 0.6 is 11.6 Å². The van der Waals surface area contributed by atoms with E-state index in [0.29, 0.717) is 19.7 Å². The SMILES string of the molecule is COC1CN(C(=O)O)CCC1N1C[C@H](C)OC[C@@H]1Cc1ccc(Cl)cc1.O=C(O)C(F)(F)F. The van der Waals surface area contributed by atoms with Gasteiger partial charge in [0.2, 0.25) is 0 Å². The minimum atomic E-state index is -5.08. The van der Waals surface area contributed by atoms with Gasteiger partial charge >= 0.3 is 18.2 Å². The second-order valence-electron chi connectivity index (χ2n) is 7.99. The number of halogens is 4. The van der Waals surface area contributed by atoms with E-state index in [9.17, 15) is 23.1 Å². The monoisotopic (exact) mass is 496 g/mol.